The van der Waals surface area contributed by atoms with Crippen molar-refractivity contribution >= 4 is 5.91 Å². The van der Waals surface area contributed by atoms with Gasteiger partial charge in [0.2, 0.25) is 5.91 Å². The summed E-state index contributed by atoms with van der Waals surface area (Å²) in [5, 5.41) is 13.1. The van der Waals surface area contributed by atoms with Gasteiger partial charge in [-0.05, 0) is 127 Å². The zero-order valence-corrected chi connectivity index (χ0v) is 24.7. The molecule has 0 saturated heterocycles. The summed E-state index contributed by atoms with van der Waals surface area (Å²) >= 11 is 0. The smallest absolute Gasteiger partial charge is 0.246 e. The molecular formula is C34H46N2O3. The van der Waals surface area contributed by atoms with E-state index in [2.05, 4.69) is 43.2 Å². The molecule has 0 saturated carbocycles. The van der Waals surface area contributed by atoms with Crippen LogP contribution in [0.2, 0.25) is 0 Å². The van der Waals surface area contributed by atoms with Crippen molar-refractivity contribution < 1.29 is 14.6 Å². The molecule has 1 aliphatic rings. The number of pyridine rings is 1. The second-order valence-corrected chi connectivity index (χ2v) is 11.3. The van der Waals surface area contributed by atoms with Gasteiger partial charge in [-0.3, -0.25) is 9.78 Å². The lowest BCUT2D eigenvalue weighted by Gasteiger charge is -2.37. The van der Waals surface area contributed by atoms with E-state index in [4.69, 9.17) is 4.74 Å². The Morgan fingerprint density at radius 3 is 2.46 bits per heavy atom. The minimum atomic E-state index is -0.171. The maximum atomic E-state index is 12.3. The molecule has 1 atom stereocenters. The van der Waals surface area contributed by atoms with Gasteiger partial charge in [0.1, 0.15) is 17.1 Å². The quantitative estimate of drug-likeness (QED) is 0.215. The van der Waals surface area contributed by atoms with Crippen LogP contribution in [0.3, 0.4) is 0 Å². The fraction of sp³-hybridized carbons (Fsp3) is 0.471. The summed E-state index contributed by atoms with van der Waals surface area (Å²) in [5.74, 6) is 1.31. The molecule has 2 heterocycles. The molecule has 3 rings (SSSR count). The monoisotopic (exact) mass is 530 g/mol. The van der Waals surface area contributed by atoms with Gasteiger partial charge in [0.25, 0.3) is 0 Å². The first-order valence-electron chi connectivity index (χ1n) is 14.2. The largest absolute Gasteiger partial charge is 0.508 e. The van der Waals surface area contributed by atoms with Gasteiger partial charge in [-0.2, -0.15) is 0 Å². The van der Waals surface area contributed by atoms with Crippen LogP contribution in [-0.4, -0.2) is 21.6 Å². The van der Waals surface area contributed by atoms with E-state index in [9.17, 15) is 9.90 Å². The zero-order chi connectivity index (χ0) is 28.4. The highest BCUT2D eigenvalue weighted by atomic mass is 16.5. The number of aromatic nitrogens is 1. The average molecular weight is 531 g/mol. The minimum absolute atomic E-state index is 0.0255. The van der Waals surface area contributed by atoms with E-state index in [1.54, 1.807) is 12.4 Å². The van der Waals surface area contributed by atoms with Crippen molar-refractivity contribution in [3.63, 3.8) is 0 Å². The van der Waals surface area contributed by atoms with Crippen LogP contribution in [0.4, 0.5) is 0 Å². The second-order valence-electron chi connectivity index (χ2n) is 11.3. The van der Waals surface area contributed by atoms with E-state index in [1.165, 1.54) is 11.1 Å². The molecule has 0 fully saturated rings. The predicted molar refractivity (Wildman–Crippen MR) is 160 cm³/mol. The Labute approximate surface area is 235 Å². The number of phenols is 1. The van der Waals surface area contributed by atoms with Gasteiger partial charge >= 0.3 is 0 Å². The van der Waals surface area contributed by atoms with Crippen LogP contribution >= 0.6 is 0 Å². The number of fused-ring (bicyclic) bond motifs is 1. The molecule has 39 heavy (non-hydrogen) atoms. The van der Waals surface area contributed by atoms with Gasteiger partial charge < -0.3 is 15.2 Å². The topological polar surface area (TPSA) is 71.5 Å². The van der Waals surface area contributed by atoms with Gasteiger partial charge in [-0.1, -0.05) is 35.4 Å². The van der Waals surface area contributed by atoms with Crippen molar-refractivity contribution in [2.75, 3.05) is 0 Å². The molecule has 1 aromatic carbocycles. The molecule has 1 amide bonds. The van der Waals surface area contributed by atoms with Gasteiger partial charge in [-0.25, -0.2) is 0 Å². The highest BCUT2D eigenvalue weighted by molar-refractivity contribution is 5.92. The van der Waals surface area contributed by atoms with Crippen LogP contribution < -0.4 is 10.1 Å². The molecule has 1 aliphatic heterocycles. The molecule has 0 aliphatic carbocycles. The van der Waals surface area contributed by atoms with Crippen molar-refractivity contribution in [1.29, 1.82) is 0 Å². The standard InChI is InChI=1S/C34H46N2O3/c1-24(13-8-15-26(3)33(38)36-23-29-16-10-20-35-22-29)11-7-12-25(2)14-9-18-34(6)19-17-30-21-31(37)27(4)28(5)32(30)39-34/h10-11,14-16,20-22,37H,7-9,12-13,17-19,23H2,1-6H3,(H,36,38)/b24-11+,25-14+,26-15+. The summed E-state index contributed by atoms with van der Waals surface area (Å²) < 4.78 is 6.50. The van der Waals surface area contributed by atoms with Crippen molar-refractivity contribution in [3.05, 3.63) is 87.8 Å². The van der Waals surface area contributed by atoms with Gasteiger partial charge in [0.15, 0.2) is 0 Å². The van der Waals surface area contributed by atoms with E-state index in [0.29, 0.717) is 12.3 Å². The third kappa shape index (κ3) is 9.12. The third-order valence-corrected chi connectivity index (χ3v) is 7.88. The third-order valence-electron chi connectivity index (χ3n) is 7.88. The van der Waals surface area contributed by atoms with Gasteiger partial charge in [-0.15, -0.1) is 0 Å². The molecule has 1 aromatic heterocycles. The fourth-order valence-corrected chi connectivity index (χ4v) is 4.95. The maximum absolute atomic E-state index is 12.3. The minimum Gasteiger partial charge on any atom is -0.508 e. The van der Waals surface area contributed by atoms with Crippen LogP contribution in [0, 0.1) is 13.8 Å². The molecule has 5 heteroatoms. The molecule has 2 N–H and O–H groups in total. The zero-order valence-electron chi connectivity index (χ0n) is 24.7. The van der Waals surface area contributed by atoms with E-state index in [0.717, 1.165) is 84.9 Å². The molecule has 0 bridgehead atoms. The Hall–Kier alpha value is -3.34. The number of hydrogen-bond acceptors (Lipinski definition) is 4. The number of benzene rings is 1. The number of hydrogen-bond donors (Lipinski definition) is 2. The first kappa shape index (κ1) is 30.2. The number of rotatable bonds is 12. The Kier molecular flexibility index (Phi) is 11.0. The Morgan fingerprint density at radius 1 is 1.08 bits per heavy atom. The number of aromatic hydroxyl groups is 1. The van der Waals surface area contributed by atoms with Gasteiger partial charge in [0.05, 0.1) is 0 Å². The Morgan fingerprint density at radius 2 is 1.77 bits per heavy atom. The maximum Gasteiger partial charge on any atom is 0.246 e. The van der Waals surface area contributed by atoms with E-state index >= 15 is 0 Å². The number of nitrogens with zero attached hydrogens (tertiary/aromatic N) is 1. The number of phenolic OH excluding ortho intramolecular Hbond substituents is 1. The Balaban J connectivity index is 1.37. The number of carbonyl (C=O) groups is 1. The molecule has 0 radical (unpaired) electrons. The van der Waals surface area contributed by atoms with E-state index in [1.807, 2.05) is 45.0 Å². The number of aryl methyl sites for hydroxylation is 1. The SMILES string of the molecule is C/C(=C\CC/C(C)=C/CCC1(C)CCc2cc(O)c(C)c(C)c2O1)CC/C=C(\C)C(=O)NCc1cccnc1. The first-order chi connectivity index (χ1) is 18.6. The molecule has 1 unspecified atom stereocenters. The molecule has 5 nitrogen and oxygen atoms in total. The average Bonchev–Trinajstić information content (AvgIpc) is 2.91. The first-order valence-corrected chi connectivity index (χ1v) is 14.2. The number of amides is 1. The summed E-state index contributed by atoms with van der Waals surface area (Å²) in [6, 6.07) is 5.70. The van der Waals surface area contributed by atoms with Crippen molar-refractivity contribution in [2.24, 2.45) is 0 Å². The van der Waals surface area contributed by atoms with Crippen molar-refractivity contribution in [3.8, 4) is 11.5 Å². The second kappa shape index (κ2) is 14.2. The Bertz CT molecular complexity index is 1230. The molecule has 0 spiro atoms. The van der Waals surface area contributed by atoms with Crippen LogP contribution in [0.25, 0.3) is 0 Å². The lowest BCUT2D eigenvalue weighted by molar-refractivity contribution is -0.117. The van der Waals surface area contributed by atoms with Gasteiger partial charge in [0, 0.05) is 24.5 Å². The summed E-state index contributed by atoms with van der Waals surface area (Å²) in [6.45, 7) is 13.0. The number of allylic oxidation sites excluding steroid dienone is 5. The number of nitrogens with one attached hydrogen (secondary N) is 1. The highest BCUT2D eigenvalue weighted by Gasteiger charge is 2.32. The van der Waals surface area contributed by atoms with E-state index in [-0.39, 0.29) is 11.5 Å². The summed E-state index contributed by atoms with van der Waals surface area (Å²) in [6.07, 6.45) is 18.0. The normalized spacial score (nSPS) is 17.9. The highest BCUT2D eigenvalue weighted by Crippen LogP contribution is 2.41. The van der Waals surface area contributed by atoms with E-state index < -0.39 is 0 Å². The number of ether oxygens (including phenoxy) is 1. The molecular weight excluding hydrogens is 484 g/mol. The predicted octanol–water partition coefficient (Wildman–Crippen LogP) is 7.98. The lowest BCUT2D eigenvalue weighted by atomic mass is 9.87. The lowest BCUT2D eigenvalue weighted by Crippen LogP contribution is -2.36. The number of carbonyl (C=O) groups excluding carboxylic acids is 1. The summed E-state index contributed by atoms with van der Waals surface area (Å²) in [7, 11) is 0. The van der Waals surface area contributed by atoms with Crippen LogP contribution in [0.5, 0.6) is 11.5 Å². The van der Waals surface area contributed by atoms with Crippen molar-refractivity contribution in [1.82, 2.24) is 10.3 Å². The van der Waals surface area contributed by atoms with Crippen LogP contribution in [0.15, 0.2) is 65.5 Å². The summed E-state index contributed by atoms with van der Waals surface area (Å²) in [4.78, 5) is 16.4. The van der Waals surface area contributed by atoms with Crippen molar-refractivity contribution in [2.45, 2.75) is 105 Å². The molecule has 210 valence electrons. The van der Waals surface area contributed by atoms with Crippen LogP contribution in [-0.2, 0) is 17.8 Å². The van der Waals surface area contributed by atoms with Crippen LogP contribution in [0.1, 0.15) is 94.9 Å². The molecule has 2 aromatic rings. The summed E-state index contributed by atoms with van der Waals surface area (Å²) in [5.41, 5.74) is 7.44. The fourth-order valence-electron chi connectivity index (χ4n) is 4.95.